The minimum absolute atomic E-state index is 0.0342. The molecule has 0 aliphatic carbocycles. The first-order chi connectivity index (χ1) is 12.8. The quantitative estimate of drug-likeness (QED) is 0.591. The number of amides is 1. The Morgan fingerprint density at radius 1 is 1.19 bits per heavy atom. The maximum atomic E-state index is 12.7. The van der Waals surface area contributed by atoms with Gasteiger partial charge in [0.25, 0.3) is 5.91 Å². The number of nitrogens with zero attached hydrogens (tertiary/aromatic N) is 1. The normalized spacial score (nSPS) is 14.9. The number of sulfonamides is 1. The van der Waals surface area contributed by atoms with E-state index >= 15 is 0 Å². The summed E-state index contributed by atoms with van der Waals surface area (Å²) in [7, 11) is -3.66. The van der Waals surface area contributed by atoms with Crippen LogP contribution in [0.3, 0.4) is 0 Å². The van der Waals surface area contributed by atoms with E-state index in [9.17, 15) is 23.1 Å². The van der Waals surface area contributed by atoms with Crippen LogP contribution in [0.25, 0.3) is 0 Å². The molecule has 1 aliphatic heterocycles. The number of aromatic carboxylic acids is 1. The molecule has 1 heterocycles. The number of thioether (sulfide) groups is 1. The van der Waals surface area contributed by atoms with Crippen molar-refractivity contribution in [3.8, 4) is 0 Å². The van der Waals surface area contributed by atoms with Gasteiger partial charge < -0.3 is 10.4 Å². The number of anilines is 1. The minimum Gasteiger partial charge on any atom is -0.478 e. The first-order valence-corrected chi connectivity index (χ1v) is 11.5. The molecule has 0 spiro atoms. The van der Waals surface area contributed by atoms with Crippen LogP contribution in [0.1, 0.15) is 20.7 Å². The summed E-state index contributed by atoms with van der Waals surface area (Å²) in [6.07, 6.45) is 0. The number of hydrogen-bond acceptors (Lipinski definition) is 5. The summed E-state index contributed by atoms with van der Waals surface area (Å²) in [6, 6.07) is 10.4. The van der Waals surface area contributed by atoms with Gasteiger partial charge in [0, 0.05) is 21.4 Å². The number of hydrogen-bond donors (Lipinski definition) is 2. The van der Waals surface area contributed by atoms with E-state index in [2.05, 4.69) is 5.32 Å². The molecule has 3 rings (SSSR count). The molecular weight excluding hydrogens is 503 g/mol. The molecule has 7 nitrogen and oxygen atoms in total. The van der Waals surface area contributed by atoms with E-state index in [0.717, 1.165) is 9.32 Å². The van der Waals surface area contributed by atoms with Crippen LogP contribution < -0.4 is 5.32 Å². The van der Waals surface area contributed by atoms with Gasteiger partial charge in [0.1, 0.15) is 0 Å². The third kappa shape index (κ3) is 4.45. The second-order valence-corrected chi connectivity index (χ2v) is 9.95. The van der Waals surface area contributed by atoms with Gasteiger partial charge in [-0.25, -0.2) is 13.2 Å². The summed E-state index contributed by atoms with van der Waals surface area (Å²) in [5.74, 6) is -0.605. The van der Waals surface area contributed by atoms with Crippen LogP contribution in [-0.2, 0) is 10.0 Å². The van der Waals surface area contributed by atoms with Crippen LogP contribution in [0.15, 0.2) is 47.4 Å². The molecule has 1 saturated heterocycles. The van der Waals surface area contributed by atoms with E-state index in [-0.39, 0.29) is 21.7 Å². The maximum Gasteiger partial charge on any atom is 0.337 e. The van der Waals surface area contributed by atoms with Gasteiger partial charge in [-0.2, -0.15) is 4.31 Å². The van der Waals surface area contributed by atoms with Crippen molar-refractivity contribution >= 4 is 61.9 Å². The van der Waals surface area contributed by atoms with Crippen LogP contribution in [0.2, 0.25) is 0 Å². The molecule has 1 amide bonds. The Labute approximate surface area is 174 Å². The SMILES string of the molecule is O=C(Nc1ccc(I)cc1C(=O)O)c1cccc(S(=O)(=O)N2CCSC2)c1. The second-order valence-electron chi connectivity index (χ2n) is 5.69. The van der Waals surface area contributed by atoms with Gasteiger partial charge in [-0.3, -0.25) is 4.79 Å². The third-order valence-corrected chi connectivity index (χ3v) is 7.56. The molecule has 0 unspecified atom stereocenters. The topological polar surface area (TPSA) is 104 Å². The molecule has 1 aliphatic rings. The van der Waals surface area contributed by atoms with Crippen molar-refractivity contribution in [3.63, 3.8) is 0 Å². The van der Waals surface area contributed by atoms with E-state index in [4.69, 9.17) is 0 Å². The van der Waals surface area contributed by atoms with Gasteiger partial charge in [-0.1, -0.05) is 6.07 Å². The number of benzene rings is 2. The fourth-order valence-electron chi connectivity index (χ4n) is 2.53. The number of carboxylic acid groups (broad SMARTS) is 1. The molecule has 10 heteroatoms. The van der Waals surface area contributed by atoms with Crippen molar-refractivity contribution in [3.05, 3.63) is 57.2 Å². The molecular formula is C17H15IN2O5S2. The first-order valence-electron chi connectivity index (χ1n) is 7.81. The number of nitrogens with one attached hydrogen (secondary N) is 1. The largest absolute Gasteiger partial charge is 0.478 e. The van der Waals surface area contributed by atoms with Gasteiger partial charge >= 0.3 is 5.97 Å². The number of carbonyl (C=O) groups excluding carboxylic acids is 1. The molecule has 0 saturated carbocycles. The Balaban J connectivity index is 1.88. The van der Waals surface area contributed by atoms with Gasteiger partial charge in [0.2, 0.25) is 10.0 Å². The number of carbonyl (C=O) groups is 2. The Kier molecular flexibility index (Phi) is 6.08. The van der Waals surface area contributed by atoms with Crippen LogP contribution in [0, 0.1) is 3.57 Å². The lowest BCUT2D eigenvalue weighted by Crippen LogP contribution is -2.28. The summed E-state index contributed by atoms with van der Waals surface area (Å²) < 4.78 is 27.4. The molecule has 0 atom stereocenters. The summed E-state index contributed by atoms with van der Waals surface area (Å²) in [4.78, 5) is 24.0. The van der Waals surface area contributed by atoms with Crippen molar-refractivity contribution in [2.75, 3.05) is 23.5 Å². The van der Waals surface area contributed by atoms with Crippen molar-refractivity contribution in [2.24, 2.45) is 0 Å². The summed E-state index contributed by atoms with van der Waals surface area (Å²) in [5.41, 5.74) is 0.253. The monoisotopic (exact) mass is 518 g/mol. The first kappa shape index (κ1) is 20.1. The molecule has 2 aromatic rings. The zero-order valence-electron chi connectivity index (χ0n) is 13.9. The highest BCUT2D eigenvalue weighted by Gasteiger charge is 2.28. The van der Waals surface area contributed by atoms with Crippen molar-refractivity contribution in [2.45, 2.75) is 4.90 Å². The molecule has 0 bridgehead atoms. The maximum absolute atomic E-state index is 12.7. The zero-order valence-corrected chi connectivity index (χ0v) is 17.7. The lowest BCUT2D eigenvalue weighted by Gasteiger charge is -2.15. The summed E-state index contributed by atoms with van der Waals surface area (Å²) in [6.45, 7) is 0.439. The molecule has 2 aromatic carbocycles. The van der Waals surface area contributed by atoms with E-state index in [1.54, 1.807) is 6.07 Å². The second kappa shape index (κ2) is 8.17. The molecule has 27 heavy (non-hydrogen) atoms. The van der Waals surface area contributed by atoms with E-state index < -0.39 is 21.9 Å². The molecule has 0 radical (unpaired) electrons. The van der Waals surface area contributed by atoms with Crippen molar-refractivity contribution < 1.29 is 23.1 Å². The molecule has 1 fully saturated rings. The summed E-state index contributed by atoms with van der Waals surface area (Å²) in [5, 5.41) is 11.9. The van der Waals surface area contributed by atoms with Crippen LogP contribution in [0.4, 0.5) is 5.69 Å². The lowest BCUT2D eigenvalue weighted by molar-refractivity contribution is 0.0698. The number of halogens is 1. The lowest BCUT2D eigenvalue weighted by atomic mass is 10.1. The Hall–Kier alpha value is -1.63. The average Bonchev–Trinajstić information content (AvgIpc) is 3.18. The van der Waals surface area contributed by atoms with Crippen LogP contribution >= 0.6 is 34.4 Å². The Bertz CT molecular complexity index is 1000. The van der Waals surface area contributed by atoms with E-state index in [1.165, 1.54) is 52.5 Å². The van der Waals surface area contributed by atoms with E-state index in [0.29, 0.717) is 12.4 Å². The fraction of sp³-hybridized carbons (Fsp3) is 0.176. The number of carboxylic acids is 1. The van der Waals surface area contributed by atoms with E-state index in [1.807, 2.05) is 22.6 Å². The fourth-order valence-corrected chi connectivity index (χ4v) is 5.88. The third-order valence-electron chi connectivity index (χ3n) is 3.91. The minimum atomic E-state index is -3.66. The molecule has 2 N–H and O–H groups in total. The Morgan fingerprint density at radius 3 is 2.63 bits per heavy atom. The smallest absolute Gasteiger partial charge is 0.337 e. The highest BCUT2D eigenvalue weighted by molar-refractivity contribution is 14.1. The molecule has 0 aromatic heterocycles. The zero-order chi connectivity index (χ0) is 19.6. The van der Waals surface area contributed by atoms with Crippen LogP contribution in [0.5, 0.6) is 0 Å². The Morgan fingerprint density at radius 2 is 1.96 bits per heavy atom. The predicted molar refractivity (Wildman–Crippen MR) is 112 cm³/mol. The summed E-state index contributed by atoms with van der Waals surface area (Å²) >= 11 is 3.52. The predicted octanol–water partition coefficient (Wildman–Crippen LogP) is 2.94. The van der Waals surface area contributed by atoms with Crippen molar-refractivity contribution in [1.29, 1.82) is 0 Å². The highest BCUT2D eigenvalue weighted by atomic mass is 127. The highest BCUT2D eigenvalue weighted by Crippen LogP contribution is 2.25. The van der Waals surface area contributed by atoms with Gasteiger partial charge in [-0.05, 0) is 59.0 Å². The van der Waals surface area contributed by atoms with Crippen LogP contribution in [-0.4, -0.2) is 47.9 Å². The number of rotatable bonds is 5. The standard InChI is InChI=1S/C17H15IN2O5S2/c18-12-4-5-15(14(9-12)17(22)23)19-16(21)11-2-1-3-13(8-11)27(24,25)20-6-7-26-10-20/h1-5,8-9H,6-7,10H2,(H,19,21)(H,22,23). The van der Waals surface area contributed by atoms with Crippen molar-refractivity contribution in [1.82, 2.24) is 4.31 Å². The van der Waals surface area contributed by atoms with Gasteiger partial charge in [0.05, 0.1) is 22.0 Å². The molecule has 142 valence electrons. The van der Waals surface area contributed by atoms with Gasteiger partial charge in [-0.15, -0.1) is 11.8 Å². The average molecular weight is 518 g/mol. The van der Waals surface area contributed by atoms with Gasteiger partial charge in [0.15, 0.2) is 0 Å².